The average Bonchev–Trinajstić information content (AvgIpc) is 2.78. The summed E-state index contributed by atoms with van der Waals surface area (Å²) < 4.78 is 0. The molecule has 0 radical (unpaired) electrons. The van der Waals surface area contributed by atoms with Gasteiger partial charge in [0.1, 0.15) is 5.75 Å². The Morgan fingerprint density at radius 1 is 1.28 bits per heavy atom. The van der Waals surface area contributed by atoms with E-state index in [-0.39, 0.29) is 23.1 Å². The summed E-state index contributed by atoms with van der Waals surface area (Å²) in [6.45, 7) is 0. The highest BCUT2D eigenvalue weighted by Crippen LogP contribution is 2.42. The number of thiol groups is 1. The van der Waals surface area contributed by atoms with E-state index >= 15 is 0 Å². The topological polar surface area (TPSA) is 57.5 Å². The maximum atomic E-state index is 10.4. The second kappa shape index (κ2) is 5.78. The standard InChI is InChI=1S/C14H16O3S/c15-13-5-2-1-4-12(13)11-7-9-18(10-11)8-3-6-14(16)17/h1-2,4-5,7,9-10,15,18H,3,6,8H2,(H,16,17). The number of hydrogen-bond donors (Lipinski definition) is 3. The van der Waals surface area contributed by atoms with Crippen LogP contribution in [0.5, 0.6) is 5.75 Å². The van der Waals surface area contributed by atoms with Crippen molar-refractivity contribution in [3.63, 3.8) is 0 Å². The normalized spacial score (nSPS) is 19.8. The van der Waals surface area contributed by atoms with Crippen molar-refractivity contribution in [3.8, 4) is 5.75 Å². The number of aliphatic carboxylic acids is 1. The van der Waals surface area contributed by atoms with Crippen LogP contribution in [-0.2, 0) is 4.79 Å². The highest BCUT2D eigenvalue weighted by atomic mass is 32.2. The number of benzene rings is 1. The second-order valence-electron chi connectivity index (χ2n) is 4.15. The number of rotatable bonds is 5. The zero-order valence-corrected chi connectivity index (χ0v) is 10.8. The highest BCUT2D eigenvalue weighted by Gasteiger charge is 2.11. The molecule has 0 saturated carbocycles. The van der Waals surface area contributed by atoms with Crippen LogP contribution in [-0.4, -0.2) is 21.9 Å². The lowest BCUT2D eigenvalue weighted by Gasteiger charge is -2.08. The molecule has 1 aliphatic heterocycles. The van der Waals surface area contributed by atoms with Crippen LogP contribution in [0.2, 0.25) is 0 Å². The maximum absolute atomic E-state index is 10.4. The van der Waals surface area contributed by atoms with Gasteiger partial charge in [-0.1, -0.05) is 18.2 Å². The number of carboxylic acid groups (broad SMARTS) is 1. The highest BCUT2D eigenvalue weighted by molar-refractivity contribution is 8.22. The van der Waals surface area contributed by atoms with Crippen LogP contribution in [0, 0.1) is 0 Å². The fourth-order valence-corrected chi connectivity index (χ4v) is 3.69. The third kappa shape index (κ3) is 3.17. The lowest BCUT2D eigenvalue weighted by atomic mass is 10.1. The first-order valence-corrected chi connectivity index (χ1v) is 7.49. The predicted molar refractivity (Wildman–Crippen MR) is 75.9 cm³/mol. The van der Waals surface area contributed by atoms with Gasteiger partial charge < -0.3 is 10.2 Å². The Kier molecular flexibility index (Phi) is 4.10. The second-order valence-corrected chi connectivity index (χ2v) is 6.18. The van der Waals surface area contributed by atoms with Crippen molar-refractivity contribution in [1.29, 1.82) is 0 Å². The molecule has 0 aliphatic carbocycles. The van der Waals surface area contributed by atoms with Gasteiger partial charge in [-0.2, -0.15) is 0 Å². The summed E-state index contributed by atoms with van der Waals surface area (Å²) in [5.74, 6) is 0.448. The van der Waals surface area contributed by atoms with Crippen molar-refractivity contribution in [3.05, 3.63) is 46.7 Å². The first-order chi connectivity index (χ1) is 8.66. The summed E-state index contributed by atoms with van der Waals surface area (Å²) in [5, 5.41) is 22.6. The molecular formula is C14H16O3S. The van der Waals surface area contributed by atoms with Gasteiger partial charge in [0.25, 0.3) is 0 Å². The summed E-state index contributed by atoms with van der Waals surface area (Å²) in [5.41, 5.74) is 1.88. The third-order valence-electron chi connectivity index (χ3n) is 2.77. The van der Waals surface area contributed by atoms with Crippen LogP contribution in [0.3, 0.4) is 0 Å². The Hall–Kier alpha value is -1.68. The molecule has 2 N–H and O–H groups in total. The molecule has 18 heavy (non-hydrogen) atoms. The predicted octanol–water partition coefficient (Wildman–Crippen LogP) is 3.13. The Bertz CT molecular complexity index is 506. The monoisotopic (exact) mass is 264 g/mol. The van der Waals surface area contributed by atoms with E-state index in [2.05, 4.69) is 10.8 Å². The number of para-hydroxylation sites is 1. The molecule has 0 fully saturated rings. The molecule has 96 valence electrons. The molecule has 1 unspecified atom stereocenters. The van der Waals surface area contributed by atoms with Gasteiger partial charge in [0.2, 0.25) is 0 Å². The van der Waals surface area contributed by atoms with Gasteiger partial charge in [-0.15, -0.1) is 0 Å². The first kappa shape index (κ1) is 12.8. The van der Waals surface area contributed by atoms with E-state index in [1.54, 1.807) is 12.1 Å². The molecule has 0 saturated heterocycles. The summed E-state index contributed by atoms with van der Waals surface area (Å²) >= 11 is 0. The van der Waals surface area contributed by atoms with Crippen molar-refractivity contribution >= 4 is 22.4 Å². The van der Waals surface area contributed by atoms with Gasteiger partial charge in [0, 0.05) is 12.0 Å². The molecule has 1 aromatic rings. The maximum Gasteiger partial charge on any atom is 0.303 e. The van der Waals surface area contributed by atoms with Crippen LogP contribution in [0.15, 0.2) is 41.2 Å². The Morgan fingerprint density at radius 3 is 2.78 bits per heavy atom. The SMILES string of the molecule is O=C(O)CCC[SH]1C=CC(c2ccccc2O)=C1. The molecule has 1 atom stereocenters. The van der Waals surface area contributed by atoms with Crippen LogP contribution in [0.1, 0.15) is 18.4 Å². The van der Waals surface area contributed by atoms with Gasteiger partial charge in [-0.3, -0.25) is 4.79 Å². The molecule has 3 nitrogen and oxygen atoms in total. The fourth-order valence-electron chi connectivity index (χ4n) is 1.87. The van der Waals surface area contributed by atoms with Crippen molar-refractivity contribution in [2.24, 2.45) is 0 Å². The molecule has 1 heterocycles. The zero-order chi connectivity index (χ0) is 13.0. The van der Waals surface area contributed by atoms with Crippen LogP contribution in [0.25, 0.3) is 5.57 Å². The largest absolute Gasteiger partial charge is 0.507 e. The van der Waals surface area contributed by atoms with Crippen molar-refractivity contribution in [1.82, 2.24) is 0 Å². The Morgan fingerprint density at radius 2 is 2.06 bits per heavy atom. The molecule has 1 aliphatic rings. The zero-order valence-electron chi connectivity index (χ0n) is 9.91. The van der Waals surface area contributed by atoms with Gasteiger partial charge in [0.15, 0.2) is 0 Å². The van der Waals surface area contributed by atoms with Gasteiger partial charge in [-0.05, 0) is 40.7 Å². The molecule has 0 amide bonds. The van der Waals surface area contributed by atoms with E-state index in [4.69, 9.17) is 5.11 Å². The number of carboxylic acids is 1. The first-order valence-electron chi connectivity index (χ1n) is 5.83. The molecule has 4 heteroatoms. The lowest BCUT2D eigenvalue weighted by Crippen LogP contribution is -1.95. The lowest BCUT2D eigenvalue weighted by molar-refractivity contribution is -0.137. The van der Waals surface area contributed by atoms with E-state index < -0.39 is 5.97 Å². The van der Waals surface area contributed by atoms with Gasteiger partial charge in [-0.25, -0.2) is 10.9 Å². The average molecular weight is 264 g/mol. The van der Waals surface area contributed by atoms with E-state index in [9.17, 15) is 9.90 Å². The number of phenols is 1. The number of phenolic OH excluding ortho intramolecular Hbond substituents is 1. The van der Waals surface area contributed by atoms with E-state index in [0.29, 0.717) is 6.42 Å². The molecule has 0 bridgehead atoms. The van der Waals surface area contributed by atoms with E-state index in [0.717, 1.165) is 16.9 Å². The number of hydrogen-bond acceptors (Lipinski definition) is 2. The van der Waals surface area contributed by atoms with Crippen molar-refractivity contribution < 1.29 is 15.0 Å². The molecule has 1 aromatic carbocycles. The quantitative estimate of drug-likeness (QED) is 0.716. The minimum Gasteiger partial charge on any atom is -0.507 e. The summed E-state index contributed by atoms with van der Waals surface area (Å²) in [4.78, 5) is 10.4. The van der Waals surface area contributed by atoms with Crippen molar-refractivity contribution in [2.45, 2.75) is 12.8 Å². The minimum atomic E-state index is -0.738. The molecular weight excluding hydrogens is 248 g/mol. The number of allylic oxidation sites excluding steroid dienone is 2. The summed E-state index contributed by atoms with van der Waals surface area (Å²) in [7, 11) is -0.368. The fraction of sp³-hybridized carbons (Fsp3) is 0.214. The van der Waals surface area contributed by atoms with E-state index in [1.165, 1.54) is 0 Å². The van der Waals surface area contributed by atoms with Gasteiger partial charge in [0.05, 0.1) is 0 Å². The Balaban J connectivity index is 1.99. The molecule has 0 aromatic heterocycles. The van der Waals surface area contributed by atoms with Crippen LogP contribution < -0.4 is 0 Å². The third-order valence-corrected chi connectivity index (χ3v) is 4.75. The number of aromatic hydroxyl groups is 1. The van der Waals surface area contributed by atoms with Crippen LogP contribution in [0.4, 0.5) is 0 Å². The molecule has 2 rings (SSSR count). The van der Waals surface area contributed by atoms with E-state index in [1.807, 2.05) is 18.2 Å². The molecule has 0 spiro atoms. The Labute approximate surface area is 109 Å². The van der Waals surface area contributed by atoms with Gasteiger partial charge >= 0.3 is 5.97 Å². The minimum absolute atomic E-state index is 0.229. The van der Waals surface area contributed by atoms with Crippen LogP contribution >= 0.6 is 10.9 Å². The number of carbonyl (C=O) groups is 1. The van der Waals surface area contributed by atoms with Crippen molar-refractivity contribution in [2.75, 3.05) is 5.75 Å². The summed E-state index contributed by atoms with van der Waals surface area (Å²) in [6.07, 6.45) is 2.95. The smallest absolute Gasteiger partial charge is 0.303 e. The summed E-state index contributed by atoms with van der Waals surface area (Å²) in [6, 6.07) is 7.26.